The second-order valence-electron chi connectivity index (χ2n) is 3.93. The normalized spacial score (nSPS) is 11.2. The first-order chi connectivity index (χ1) is 7.30. The topological polar surface area (TPSA) is 66.8 Å². The minimum atomic E-state index is -1.06. The predicted molar refractivity (Wildman–Crippen MR) is 63.0 cm³/mol. The van der Waals surface area contributed by atoms with Gasteiger partial charge in [-0.15, -0.1) is 0 Å². The molecule has 0 atom stereocenters. The molecular formula is C11H13BrO4. The van der Waals surface area contributed by atoms with Crippen molar-refractivity contribution >= 4 is 21.9 Å². The highest BCUT2D eigenvalue weighted by Gasteiger charge is 2.32. The zero-order chi connectivity index (χ0) is 12.5. The van der Waals surface area contributed by atoms with Gasteiger partial charge in [-0.1, -0.05) is 15.9 Å². The quantitative estimate of drug-likeness (QED) is 0.897. The molecule has 0 fully saturated rings. The maximum absolute atomic E-state index is 11.1. The molecule has 1 aromatic rings. The number of phenolic OH excluding ortho intramolecular Hbond substituents is 1. The molecule has 0 aliphatic rings. The van der Waals surface area contributed by atoms with E-state index in [4.69, 9.17) is 9.84 Å². The maximum atomic E-state index is 11.1. The zero-order valence-corrected chi connectivity index (χ0v) is 10.8. The summed E-state index contributed by atoms with van der Waals surface area (Å²) in [5.41, 5.74) is -0.505. The van der Waals surface area contributed by atoms with E-state index in [1.165, 1.54) is 19.2 Å². The molecule has 1 aromatic carbocycles. The molecule has 0 aliphatic heterocycles. The molecule has 0 bridgehead atoms. The van der Waals surface area contributed by atoms with E-state index in [1.54, 1.807) is 13.8 Å². The predicted octanol–water partition coefficient (Wildman–Crippen LogP) is 2.53. The number of carbonyl (C=O) groups is 1. The monoisotopic (exact) mass is 288 g/mol. The fraction of sp³-hybridized carbons (Fsp3) is 0.364. The van der Waals surface area contributed by atoms with Gasteiger partial charge in [0.1, 0.15) is 0 Å². The summed E-state index contributed by atoms with van der Waals surface area (Å²) in [6, 6.07) is 2.95. The van der Waals surface area contributed by atoms with Gasteiger partial charge in [0.05, 0.1) is 12.5 Å². The summed E-state index contributed by atoms with van der Waals surface area (Å²) in [5.74, 6) is -0.715. The molecule has 0 unspecified atom stereocenters. The summed E-state index contributed by atoms with van der Waals surface area (Å²) in [6.07, 6.45) is 0. The fourth-order valence-electron chi connectivity index (χ4n) is 1.30. The van der Waals surface area contributed by atoms with Crippen molar-refractivity contribution < 1.29 is 19.7 Å². The van der Waals surface area contributed by atoms with Crippen molar-refractivity contribution in [3.8, 4) is 11.5 Å². The van der Waals surface area contributed by atoms with Crippen LogP contribution < -0.4 is 4.74 Å². The van der Waals surface area contributed by atoms with E-state index >= 15 is 0 Å². The van der Waals surface area contributed by atoms with Gasteiger partial charge in [0.2, 0.25) is 0 Å². The van der Waals surface area contributed by atoms with Gasteiger partial charge in [0.25, 0.3) is 0 Å². The Labute approximate surface area is 102 Å². The third-order valence-corrected chi connectivity index (χ3v) is 3.13. The molecule has 16 heavy (non-hydrogen) atoms. The van der Waals surface area contributed by atoms with E-state index in [0.717, 1.165) is 0 Å². The molecule has 5 heteroatoms. The molecule has 0 aliphatic carbocycles. The summed E-state index contributed by atoms with van der Waals surface area (Å²) in [6.45, 7) is 3.18. The number of hydrogen-bond donors (Lipinski definition) is 2. The minimum absolute atomic E-state index is 0.0284. The number of carboxylic acid groups (broad SMARTS) is 1. The summed E-state index contributed by atoms with van der Waals surface area (Å²) >= 11 is 3.24. The molecule has 0 radical (unpaired) electrons. The Kier molecular flexibility index (Phi) is 3.48. The summed E-state index contributed by atoms with van der Waals surface area (Å²) in [7, 11) is 1.42. The van der Waals surface area contributed by atoms with E-state index in [9.17, 15) is 9.90 Å². The minimum Gasteiger partial charge on any atom is -0.504 e. The van der Waals surface area contributed by atoms with Gasteiger partial charge < -0.3 is 14.9 Å². The number of halogens is 1. The van der Waals surface area contributed by atoms with Crippen LogP contribution in [0.5, 0.6) is 11.5 Å². The Morgan fingerprint density at radius 3 is 2.44 bits per heavy atom. The highest BCUT2D eigenvalue weighted by molar-refractivity contribution is 9.10. The van der Waals surface area contributed by atoms with Crippen LogP contribution in [0.1, 0.15) is 19.4 Å². The van der Waals surface area contributed by atoms with Crippen molar-refractivity contribution in [2.45, 2.75) is 19.3 Å². The number of aromatic hydroxyl groups is 1. The number of ether oxygens (including phenoxy) is 1. The first-order valence-corrected chi connectivity index (χ1v) is 5.40. The van der Waals surface area contributed by atoms with Crippen molar-refractivity contribution in [2.24, 2.45) is 0 Å². The van der Waals surface area contributed by atoms with Crippen LogP contribution in [-0.2, 0) is 10.2 Å². The summed E-state index contributed by atoms with van der Waals surface area (Å²) < 4.78 is 5.49. The molecule has 0 amide bonds. The van der Waals surface area contributed by atoms with Crippen LogP contribution in [0.3, 0.4) is 0 Å². The third-order valence-electron chi connectivity index (χ3n) is 2.48. The number of phenols is 1. The highest BCUT2D eigenvalue weighted by Crippen LogP contribution is 2.38. The average Bonchev–Trinajstić information content (AvgIpc) is 2.17. The van der Waals surface area contributed by atoms with Gasteiger partial charge in [-0.05, 0) is 31.5 Å². The summed E-state index contributed by atoms with van der Waals surface area (Å²) in [5, 5.41) is 18.6. The van der Waals surface area contributed by atoms with Crippen LogP contribution in [0.2, 0.25) is 0 Å². The van der Waals surface area contributed by atoms with Gasteiger partial charge >= 0.3 is 5.97 Å². The fourth-order valence-corrected chi connectivity index (χ4v) is 2.13. The Bertz CT molecular complexity index is 426. The maximum Gasteiger partial charge on any atom is 0.313 e. The molecule has 0 spiro atoms. The standard InChI is InChI=1S/C11H13BrO4/c1-11(2,10(14)15)6-4-9(16-3)8(13)5-7(6)12/h4-5,13H,1-3H3,(H,14,15). The lowest BCUT2D eigenvalue weighted by molar-refractivity contribution is -0.142. The van der Waals surface area contributed by atoms with Gasteiger partial charge in [-0.2, -0.15) is 0 Å². The molecule has 1 rings (SSSR count). The van der Waals surface area contributed by atoms with Crippen molar-refractivity contribution in [3.05, 3.63) is 22.2 Å². The van der Waals surface area contributed by atoms with Crippen molar-refractivity contribution in [2.75, 3.05) is 7.11 Å². The molecule has 2 N–H and O–H groups in total. The van der Waals surface area contributed by atoms with Crippen molar-refractivity contribution in [3.63, 3.8) is 0 Å². The van der Waals surface area contributed by atoms with Gasteiger partial charge in [-0.3, -0.25) is 4.79 Å². The number of aliphatic carboxylic acids is 1. The van der Waals surface area contributed by atoms with E-state index in [2.05, 4.69) is 15.9 Å². The van der Waals surface area contributed by atoms with E-state index in [-0.39, 0.29) is 11.5 Å². The first kappa shape index (κ1) is 12.8. The second-order valence-corrected chi connectivity index (χ2v) is 4.79. The van der Waals surface area contributed by atoms with Gasteiger partial charge in [0.15, 0.2) is 11.5 Å². The Hall–Kier alpha value is -1.23. The molecule has 0 aromatic heterocycles. The highest BCUT2D eigenvalue weighted by atomic mass is 79.9. The van der Waals surface area contributed by atoms with Crippen molar-refractivity contribution in [1.82, 2.24) is 0 Å². The number of carboxylic acids is 1. The first-order valence-electron chi connectivity index (χ1n) is 4.61. The SMILES string of the molecule is COc1cc(C(C)(C)C(=O)O)c(Br)cc1O. The number of rotatable bonds is 3. The Balaban J connectivity index is 3.40. The van der Waals surface area contributed by atoms with Gasteiger partial charge in [0, 0.05) is 4.47 Å². The second kappa shape index (κ2) is 4.33. The molecule has 88 valence electrons. The van der Waals surface area contributed by atoms with Crippen LogP contribution in [0.25, 0.3) is 0 Å². The molecule has 0 saturated carbocycles. The number of hydrogen-bond acceptors (Lipinski definition) is 3. The van der Waals surface area contributed by atoms with Crippen LogP contribution in [0.15, 0.2) is 16.6 Å². The lowest BCUT2D eigenvalue weighted by Gasteiger charge is -2.22. The van der Waals surface area contributed by atoms with Crippen LogP contribution in [0, 0.1) is 0 Å². The average molecular weight is 289 g/mol. The number of methoxy groups -OCH3 is 1. The molecule has 4 nitrogen and oxygen atoms in total. The number of benzene rings is 1. The summed E-state index contributed by atoms with van der Waals surface area (Å²) in [4.78, 5) is 11.1. The van der Waals surface area contributed by atoms with Crippen LogP contribution in [-0.4, -0.2) is 23.3 Å². The van der Waals surface area contributed by atoms with E-state index in [1.807, 2.05) is 0 Å². The van der Waals surface area contributed by atoms with Crippen LogP contribution in [0.4, 0.5) is 0 Å². The smallest absolute Gasteiger partial charge is 0.313 e. The third kappa shape index (κ3) is 2.14. The lowest BCUT2D eigenvalue weighted by Crippen LogP contribution is -2.28. The van der Waals surface area contributed by atoms with Crippen molar-refractivity contribution in [1.29, 1.82) is 0 Å². The zero-order valence-electron chi connectivity index (χ0n) is 9.24. The van der Waals surface area contributed by atoms with E-state index in [0.29, 0.717) is 10.0 Å². The Morgan fingerprint density at radius 2 is 2.00 bits per heavy atom. The largest absolute Gasteiger partial charge is 0.504 e. The molecule has 0 heterocycles. The molecule has 0 saturated heterocycles. The molecular weight excluding hydrogens is 276 g/mol. The van der Waals surface area contributed by atoms with E-state index < -0.39 is 11.4 Å². The van der Waals surface area contributed by atoms with Gasteiger partial charge in [-0.25, -0.2) is 0 Å². The lowest BCUT2D eigenvalue weighted by atomic mass is 9.84. The Morgan fingerprint density at radius 1 is 1.44 bits per heavy atom. The van der Waals surface area contributed by atoms with Crippen LogP contribution >= 0.6 is 15.9 Å².